The van der Waals surface area contributed by atoms with Crippen molar-refractivity contribution in [2.75, 3.05) is 43.1 Å². The third kappa shape index (κ3) is 4.97. The number of aromatic nitrogens is 4. The summed E-state index contributed by atoms with van der Waals surface area (Å²) in [5, 5.41) is 12.9. The molecule has 34 heavy (non-hydrogen) atoms. The number of aromatic amines is 1. The number of hydrogen-bond donors (Lipinski definition) is 3. The van der Waals surface area contributed by atoms with Crippen molar-refractivity contribution < 1.29 is 9.53 Å². The van der Waals surface area contributed by atoms with E-state index in [-0.39, 0.29) is 5.91 Å². The topological polar surface area (TPSA) is 122 Å². The average molecular weight is 480 g/mol. The van der Waals surface area contributed by atoms with Crippen molar-refractivity contribution in [3.05, 3.63) is 30.5 Å². The quantitative estimate of drug-likeness (QED) is 0.295. The molecule has 0 spiro atoms. The maximum absolute atomic E-state index is 10.9. The maximum atomic E-state index is 10.9. The lowest BCUT2D eigenvalue weighted by molar-refractivity contribution is -0.118. The summed E-state index contributed by atoms with van der Waals surface area (Å²) in [6, 6.07) is 8.18. The number of carbonyl (C=O) groups is 1. The molecule has 9 nitrogen and oxygen atoms in total. The van der Waals surface area contributed by atoms with Gasteiger partial charge in [-0.1, -0.05) is 25.0 Å². The second-order valence-electron chi connectivity index (χ2n) is 8.49. The Hall–Kier alpha value is -3.24. The lowest BCUT2D eigenvalue weighted by Gasteiger charge is -2.28. The summed E-state index contributed by atoms with van der Waals surface area (Å²) in [5.41, 5.74) is 8.09. The number of nitrogens with one attached hydrogen (secondary N) is 2. The van der Waals surface area contributed by atoms with Crippen LogP contribution in [0.4, 0.5) is 10.8 Å². The zero-order valence-corrected chi connectivity index (χ0v) is 19.9. The minimum Gasteiger partial charge on any atom is -0.378 e. The van der Waals surface area contributed by atoms with Crippen LogP contribution in [-0.4, -0.2) is 58.9 Å². The fourth-order valence-electron chi connectivity index (χ4n) is 4.26. The van der Waals surface area contributed by atoms with Crippen molar-refractivity contribution in [3.8, 4) is 11.4 Å². The molecule has 1 fully saturated rings. The van der Waals surface area contributed by atoms with Crippen LogP contribution in [0.3, 0.4) is 0 Å². The third-order valence-electron chi connectivity index (χ3n) is 6.04. The normalized spacial score (nSPS) is 14.2. The first-order chi connectivity index (χ1) is 16.7. The van der Waals surface area contributed by atoms with E-state index >= 15 is 0 Å². The van der Waals surface area contributed by atoms with Crippen LogP contribution in [-0.2, 0) is 9.53 Å². The smallest absolute Gasteiger partial charge is 0.217 e. The number of nitrogens with two attached hydrogens (primary N) is 1. The number of H-pyrrole nitrogens is 1. The number of unbranched alkanes of at least 4 members (excludes halogenated alkanes) is 3. The van der Waals surface area contributed by atoms with E-state index in [1.165, 1.54) is 0 Å². The first kappa shape index (κ1) is 22.5. The Morgan fingerprint density at radius 2 is 2.03 bits per heavy atom. The standard InChI is InChI=1S/C24H29N7O2S/c25-20(32)8-3-1-2-4-9-26-21-14-19-22(34-21)24(31-10-12-33-13-11-31)29-23(28-19)16-6-5-7-18-17(16)15-27-30-18/h5-7,14-15,26H,1-4,8-13H2,(H2,25,32)(H,27,30). The Morgan fingerprint density at radius 1 is 1.18 bits per heavy atom. The summed E-state index contributed by atoms with van der Waals surface area (Å²) in [7, 11) is 0. The van der Waals surface area contributed by atoms with Gasteiger partial charge in [-0.25, -0.2) is 9.97 Å². The van der Waals surface area contributed by atoms with E-state index in [0.717, 1.165) is 82.8 Å². The summed E-state index contributed by atoms with van der Waals surface area (Å²) in [5.74, 6) is 1.46. The molecule has 0 bridgehead atoms. The first-order valence-corrected chi connectivity index (χ1v) is 12.6. The Kier molecular flexibility index (Phi) is 6.87. The van der Waals surface area contributed by atoms with E-state index in [4.69, 9.17) is 20.4 Å². The molecule has 1 aromatic carbocycles. The van der Waals surface area contributed by atoms with E-state index in [0.29, 0.717) is 25.5 Å². The van der Waals surface area contributed by atoms with Gasteiger partial charge in [0.25, 0.3) is 0 Å². The second kappa shape index (κ2) is 10.4. The molecule has 0 radical (unpaired) electrons. The number of carbonyl (C=O) groups excluding carboxylic acids is 1. The number of fused-ring (bicyclic) bond motifs is 2. The first-order valence-electron chi connectivity index (χ1n) is 11.8. The third-order valence-corrected chi connectivity index (χ3v) is 7.12. The Balaban J connectivity index is 1.39. The van der Waals surface area contributed by atoms with E-state index in [9.17, 15) is 4.79 Å². The van der Waals surface area contributed by atoms with E-state index in [2.05, 4.69) is 26.5 Å². The lowest BCUT2D eigenvalue weighted by atomic mass is 10.1. The highest BCUT2D eigenvalue weighted by Crippen LogP contribution is 2.37. The average Bonchev–Trinajstić information content (AvgIpc) is 3.49. The minimum absolute atomic E-state index is 0.219. The molecule has 4 aromatic rings. The molecular weight excluding hydrogens is 450 g/mol. The number of anilines is 2. The molecule has 0 saturated carbocycles. The van der Waals surface area contributed by atoms with Gasteiger partial charge >= 0.3 is 0 Å². The molecule has 10 heteroatoms. The summed E-state index contributed by atoms with van der Waals surface area (Å²) >= 11 is 1.70. The molecule has 4 heterocycles. The van der Waals surface area contributed by atoms with E-state index < -0.39 is 0 Å². The highest BCUT2D eigenvalue weighted by molar-refractivity contribution is 7.23. The van der Waals surface area contributed by atoms with E-state index in [1.807, 2.05) is 24.4 Å². The molecule has 1 amide bonds. The summed E-state index contributed by atoms with van der Waals surface area (Å²) in [6.45, 7) is 3.90. The number of amides is 1. The van der Waals surface area contributed by atoms with Crippen molar-refractivity contribution in [1.29, 1.82) is 0 Å². The summed E-state index contributed by atoms with van der Waals surface area (Å²) in [4.78, 5) is 23.1. The van der Waals surface area contributed by atoms with Crippen molar-refractivity contribution in [3.63, 3.8) is 0 Å². The molecular formula is C24H29N7O2S. The van der Waals surface area contributed by atoms with Crippen molar-refractivity contribution in [2.45, 2.75) is 32.1 Å². The van der Waals surface area contributed by atoms with Crippen LogP contribution in [0, 0.1) is 0 Å². The van der Waals surface area contributed by atoms with Gasteiger partial charge in [0.05, 0.1) is 40.1 Å². The number of ether oxygens (including phenoxy) is 1. The Labute approximate surface area is 201 Å². The fraction of sp³-hybridized carbons (Fsp3) is 0.417. The molecule has 1 aliphatic rings. The van der Waals surface area contributed by atoms with Crippen LogP contribution in [0.5, 0.6) is 0 Å². The number of morpholine rings is 1. The molecule has 3 aromatic heterocycles. The minimum atomic E-state index is -0.219. The Morgan fingerprint density at radius 3 is 2.88 bits per heavy atom. The molecule has 0 atom stereocenters. The lowest BCUT2D eigenvalue weighted by Crippen LogP contribution is -2.36. The number of benzene rings is 1. The van der Waals surface area contributed by atoms with Gasteiger partial charge in [-0.05, 0) is 25.0 Å². The zero-order chi connectivity index (χ0) is 23.3. The predicted octanol–water partition coefficient (Wildman–Crippen LogP) is 3.92. The molecule has 4 N–H and O–H groups in total. The van der Waals surface area contributed by atoms with Gasteiger partial charge in [0, 0.05) is 37.0 Å². The molecule has 5 rings (SSSR count). The molecule has 1 saturated heterocycles. The zero-order valence-electron chi connectivity index (χ0n) is 19.0. The van der Waals surface area contributed by atoms with Gasteiger partial charge in [0.1, 0.15) is 0 Å². The van der Waals surface area contributed by atoms with Crippen molar-refractivity contribution in [2.24, 2.45) is 5.73 Å². The highest BCUT2D eigenvalue weighted by atomic mass is 32.1. The van der Waals surface area contributed by atoms with E-state index in [1.54, 1.807) is 11.3 Å². The fourth-order valence-corrected chi connectivity index (χ4v) is 5.30. The van der Waals surface area contributed by atoms with Crippen molar-refractivity contribution in [1.82, 2.24) is 20.2 Å². The van der Waals surface area contributed by atoms with Gasteiger partial charge in [0.2, 0.25) is 5.91 Å². The monoisotopic (exact) mass is 479 g/mol. The van der Waals surface area contributed by atoms with Gasteiger partial charge in [-0.3, -0.25) is 9.89 Å². The molecule has 0 unspecified atom stereocenters. The van der Waals surface area contributed by atoms with Crippen LogP contribution in [0.2, 0.25) is 0 Å². The largest absolute Gasteiger partial charge is 0.378 e. The number of nitrogens with zero attached hydrogens (tertiary/aromatic N) is 4. The number of rotatable bonds is 10. The van der Waals surface area contributed by atoms with Gasteiger partial charge in [-0.2, -0.15) is 5.10 Å². The number of hydrogen-bond acceptors (Lipinski definition) is 8. The molecule has 0 aliphatic carbocycles. The molecule has 1 aliphatic heterocycles. The van der Waals surface area contributed by atoms with Gasteiger partial charge < -0.3 is 20.7 Å². The van der Waals surface area contributed by atoms with Crippen LogP contribution < -0.4 is 16.0 Å². The summed E-state index contributed by atoms with van der Waals surface area (Å²) in [6.07, 6.45) is 6.30. The second-order valence-corrected chi connectivity index (χ2v) is 9.54. The predicted molar refractivity (Wildman–Crippen MR) is 136 cm³/mol. The van der Waals surface area contributed by atoms with Gasteiger partial charge in [-0.15, -0.1) is 11.3 Å². The highest BCUT2D eigenvalue weighted by Gasteiger charge is 2.21. The van der Waals surface area contributed by atoms with Crippen LogP contribution in [0.25, 0.3) is 32.5 Å². The van der Waals surface area contributed by atoms with Gasteiger partial charge in [0.15, 0.2) is 11.6 Å². The number of primary amides is 1. The van der Waals surface area contributed by atoms with Crippen LogP contribution >= 0.6 is 11.3 Å². The number of thiophene rings is 1. The Bertz CT molecular complexity index is 1280. The van der Waals surface area contributed by atoms with Crippen molar-refractivity contribution >= 4 is 49.2 Å². The molecule has 178 valence electrons. The SMILES string of the molecule is NC(=O)CCCCCCNc1cc2nc(-c3cccc4[nH]ncc34)nc(N3CCOCC3)c2s1. The van der Waals surface area contributed by atoms with Crippen LogP contribution in [0.1, 0.15) is 32.1 Å². The maximum Gasteiger partial charge on any atom is 0.217 e. The van der Waals surface area contributed by atoms with Crippen LogP contribution in [0.15, 0.2) is 30.5 Å². The summed E-state index contributed by atoms with van der Waals surface area (Å²) < 4.78 is 6.67.